The van der Waals surface area contributed by atoms with E-state index in [1.807, 2.05) is 0 Å². The Morgan fingerprint density at radius 3 is 2.50 bits per heavy atom. The van der Waals surface area contributed by atoms with Gasteiger partial charge < -0.3 is 0 Å². The quantitative estimate of drug-likeness (QED) is 0.660. The largest absolute Gasteiger partial charge is 0.271 e. The van der Waals surface area contributed by atoms with Gasteiger partial charge in [0.05, 0.1) is 11.1 Å². The fourth-order valence-corrected chi connectivity index (χ4v) is 2.46. The van der Waals surface area contributed by atoms with E-state index in [0.29, 0.717) is 11.1 Å². The van der Waals surface area contributed by atoms with Crippen LogP contribution in [0.1, 0.15) is 17.2 Å². The lowest BCUT2D eigenvalue weighted by Crippen LogP contribution is -2.30. The van der Waals surface area contributed by atoms with Gasteiger partial charge in [-0.25, -0.2) is 8.78 Å². The highest BCUT2D eigenvalue weighted by Crippen LogP contribution is 2.28. The van der Waals surface area contributed by atoms with E-state index in [-0.39, 0.29) is 16.5 Å². The van der Waals surface area contributed by atoms with E-state index in [2.05, 4.69) is 5.43 Å². The van der Waals surface area contributed by atoms with Gasteiger partial charge in [-0.2, -0.15) is 0 Å². The van der Waals surface area contributed by atoms with Crippen LogP contribution in [0, 0.1) is 11.6 Å². The maximum Gasteiger partial charge on any atom is 0.145 e. The summed E-state index contributed by atoms with van der Waals surface area (Å²) in [4.78, 5) is 0. The molecule has 6 heteroatoms. The van der Waals surface area contributed by atoms with E-state index >= 15 is 0 Å². The van der Waals surface area contributed by atoms with Crippen molar-refractivity contribution < 1.29 is 8.78 Å². The lowest BCUT2D eigenvalue weighted by molar-refractivity contribution is 0.528. The van der Waals surface area contributed by atoms with Crippen molar-refractivity contribution in [2.75, 3.05) is 0 Å². The Kier molecular flexibility index (Phi) is 4.94. The van der Waals surface area contributed by atoms with Gasteiger partial charge in [0.2, 0.25) is 0 Å². The zero-order valence-corrected chi connectivity index (χ0v) is 11.8. The summed E-state index contributed by atoms with van der Waals surface area (Å²) in [5.74, 6) is 4.56. The molecule has 0 heterocycles. The molecule has 0 aliphatic rings. The molecule has 0 radical (unpaired) electrons. The molecular weight excluding hydrogens is 305 g/mol. The van der Waals surface area contributed by atoms with Gasteiger partial charge >= 0.3 is 0 Å². The number of nitrogens with one attached hydrogen (secondary N) is 1. The first-order chi connectivity index (χ1) is 9.52. The number of halogens is 4. The lowest BCUT2D eigenvalue weighted by atomic mass is 9.99. The summed E-state index contributed by atoms with van der Waals surface area (Å²) in [6, 6.07) is 8.27. The Morgan fingerprint density at radius 1 is 1.10 bits per heavy atom. The van der Waals surface area contributed by atoms with Gasteiger partial charge in [-0.3, -0.25) is 11.3 Å². The average Bonchev–Trinajstić information content (AvgIpc) is 2.41. The zero-order valence-electron chi connectivity index (χ0n) is 10.3. The van der Waals surface area contributed by atoms with E-state index in [1.165, 1.54) is 24.3 Å². The summed E-state index contributed by atoms with van der Waals surface area (Å²) < 4.78 is 26.9. The minimum Gasteiger partial charge on any atom is -0.271 e. The van der Waals surface area contributed by atoms with Gasteiger partial charge in [-0.05, 0) is 35.7 Å². The molecule has 20 heavy (non-hydrogen) atoms. The number of nitrogens with two attached hydrogens (primary N) is 1. The smallest absolute Gasteiger partial charge is 0.145 e. The van der Waals surface area contributed by atoms with Gasteiger partial charge in [-0.15, -0.1) is 0 Å². The van der Waals surface area contributed by atoms with Gasteiger partial charge in [0.1, 0.15) is 11.6 Å². The maximum absolute atomic E-state index is 13.9. The minimum absolute atomic E-state index is 0.0449. The first kappa shape index (κ1) is 15.2. The number of hydrazine groups is 1. The Hall–Kier alpha value is -1.20. The van der Waals surface area contributed by atoms with Crippen LogP contribution < -0.4 is 11.3 Å². The van der Waals surface area contributed by atoms with Crippen LogP contribution in [0.25, 0.3) is 0 Å². The third-order valence-corrected chi connectivity index (χ3v) is 3.61. The second kappa shape index (κ2) is 6.50. The second-order valence-electron chi connectivity index (χ2n) is 4.30. The van der Waals surface area contributed by atoms with Gasteiger partial charge in [-0.1, -0.05) is 41.4 Å². The van der Waals surface area contributed by atoms with E-state index in [9.17, 15) is 8.78 Å². The molecule has 106 valence electrons. The Balaban J connectivity index is 2.31. The van der Waals surface area contributed by atoms with Crippen molar-refractivity contribution in [1.82, 2.24) is 5.43 Å². The predicted molar refractivity (Wildman–Crippen MR) is 76.6 cm³/mol. The molecule has 1 atom stereocenters. The van der Waals surface area contributed by atoms with Crippen LogP contribution in [0.3, 0.4) is 0 Å². The Bertz CT molecular complexity index is 620. The lowest BCUT2D eigenvalue weighted by Gasteiger charge is -2.18. The van der Waals surface area contributed by atoms with Crippen molar-refractivity contribution in [3.8, 4) is 0 Å². The summed E-state index contributed by atoms with van der Waals surface area (Å²) in [5.41, 5.74) is 3.55. The average molecular weight is 317 g/mol. The Morgan fingerprint density at radius 2 is 1.85 bits per heavy atom. The molecule has 0 aliphatic carbocycles. The molecule has 0 spiro atoms. The van der Waals surface area contributed by atoms with E-state index < -0.39 is 17.7 Å². The molecule has 0 bridgehead atoms. The summed E-state index contributed by atoms with van der Waals surface area (Å²) >= 11 is 11.7. The zero-order chi connectivity index (χ0) is 14.7. The fraction of sp³-hybridized carbons (Fsp3) is 0.143. The number of rotatable bonds is 4. The highest BCUT2D eigenvalue weighted by Gasteiger charge is 2.17. The molecule has 3 N–H and O–H groups in total. The SMILES string of the molecule is NNC(Cc1cccc(Cl)c1F)c1ccc(F)cc1Cl. The van der Waals surface area contributed by atoms with Crippen molar-refractivity contribution >= 4 is 23.2 Å². The summed E-state index contributed by atoms with van der Waals surface area (Å²) in [6.07, 6.45) is 0.244. The molecular formula is C14H12Cl2F2N2. The molecule has 0 saturated carbocycles. The third kappa shape index (κ3) is 3.27. The highest BCUT2D eigenvalue weighted by atomic mass is 35.5. The van der Waals surface area contributed by atoms with Crippen LogP contribution >= 0.6 is 23.2 Å². The molecule has 0 saturated heterocycles. The summed E-state index contributed by atoms with van der Waals surface area (Å²) in [6.45, 7) is 0. The van der Waals surface area contributed by atoms with Crippen LogP contribution in [0.5, 0.6) is 0 Å². The standard InChI is InChI=1S/C14H12Cl2F2N2/c15-11-3-1-2-8(14(11)18)6-13(20-19)10-5-4-9(17)7-12(10)16/h1-5,7,13,20H,6,19H2. The van der Waals surface area contributed by atoms with Crippen molar-refractivity contribution in [2.24, 2.45) is 5.84 Å². The van der Waals surface area contributed by atoms with Crippen LogP contribution in [0.2, 0.25) is 10.0 Å². The topological polar surface area (TPSA) is 38.0 Å². The molecule has 0 fully saturated rings. The van der Waals surface area contributed by atoms with Crippen molar-refractivity contribution in [1.29, 1.82) is 0 Å². The Labute approximate surface area is 125 Å². The van der Waals surface area contributed by atoms with Crippen LogP contribution in [-0.2, 0) is 6.42 Å². The molecule has 2 aromatic rings. The second-order valence-corrected chi connectivity index (χ2v) is 5.12. The first-order valence-corrected chi connectivity index (χ1v) is 6.62. The normalized spacial score (nSPS) is 12.4. The molecule has 0 aliphatic heterocycles. The maximum atomic E-state index is 13.9. The van der Waals surface area contributed by atoms with Gasteiger partial charge in [0.15, 0.2) is 0 Å². The van der Waals surface area contributed by atoms with Crippen LogP contribution in [0.4, 0.5) is 8.78 Å². The summed E-state index contributed by atoms with van der Waals surface area (Å²) in [5, 5.41) is 0.277. The third-order valence-electron chi connectivity index (χ3n) is 2.99. The van der Waals surface area contributed by atoms with E-state index in [0.717, 1.165) is 0 Å². The van der Waals surface area contributed by atoms with E-state index in [4.69, 9.17) is 29.0 Å². The van der Waals surface area contributed by atoms with Gasteiger partial charge in [0.25, 0.3) is 0 Å². The molecule has 2 nitrogen and oxygen atoms in total. The monoisotopic (exact) mass is 316 g/mol. The predicted octanol–water partition coefficient (Wildman–Crippen LogP) is 4.02. The fourth-order valence-electron chi connectivity index (χ4n) is 1.97. The number of benzene rings is 2. The van der Waals surface area contributed by atoms with E-state index in [1.54, 1.807) is 12.1 Å². The van der Waals surface area contributed by atoms with Crippen molar-refractivity contribution in [3.05, 3.63) is 69.2 Å². The number of hydrogen-bond donors (Lipinski definition) is 2. The minimum atomic E-state index is -0.493. The van der Waals surface area contributed by atoms with Gasteiger partial charge in [0, 0.05) is 5.02 Å². The summed E-state index contributed by atoms with van der Waals surface area (Å²) in [7, 11) is 0. The molecule has 2 aromatic carbocycles. The van der Waals surface area contributed by atoms with Crippen molar-refractivity contribution in [2.45, 2.75) is 12.5 Å². The first-order valence-electron chi connectivity index (χ1n) is 5.87. The van der Waals surface area contributed by atoms with Crippen LogP contribution in [-0.4, -0.2) is 0 Å². The van der Waals surface area contributed by atoms with Crippen molar-refractivity contribution in [3.63, 3.8) is 0 Å². The van der Waals surface area contributed by atoms with Crippen LogP contribution in [0.15, 0.2) is 36.4 Å². The highest BCUT2D eigenvalue weighted by molar-refractivity contribution is 6.31. The number of hydrogen-bond acceptors (Lipinski definition) is 2. The molecule has 2 rings (SSSR count). The molecule has 1 unspecified atom stereocenters. The molecule has 0 aromatic heterocycles. The molecule has 0 amide bonds.